The lowest BCUT2D eigenvalue weighted by Gasteiger charge is -2.26. The molecule has 0 aromatic heterocycles. The van der Waals surface area contributed by atoms with Gasteiger partial charge in [0.15, 0.2) is 0 Å². The highest BCUT2D eigenvalue weighted by Gasteiger charge is 2.27. The lowest BCUT2D eigenvalue weighted by atomic mass is 10.1. The van der Waals surface area contributed by atoms with Gasteiger partial charge in [0.2, 0.25) is 5.91 Å². The molecule has 0 saturated heterocycles. The van der Waals surface area contributed by atoms with Crippen LogP contribution in [0.15, 0.2) is 36.4 Å². The highest BCUT2D eigenvalue weighted by molar-refractivity contribution is 6.42. The van der Waals surface area contributed by atoms with Crippen LogP contribution in [-0.2, 0) is 17.9 Å². The molecule has 1 N–H and O–H groups in total. The van der Waals surface area contributed by atoms with E-state index in [1.165, 1.54) is 12.8 Å². The van der Waals surface area contributed by atoms with Gasteiger partial charge in [0.05, 0.1) is 16.6 Å². The van der Waals surface area contributed by atoms with Crippen molar-refractivity contribution in [3.8, 4) is 5.75 Å². The molecule has 0 bridgehead atoms. The van der Waals surface area contributed by atoms with Gasteiger partial charge in [0, 0.05) is 50.5 Å². The van der Waals surface area contributed by atoms with E-state index in [1.54, 1.807) is 6.07 Å². The molecule has 1 aliphatic carbocycles. The Bertz CT molecular complexity index is 997. The Morgan fingerprint density at radius 1 is 1.15 bits per heavy atom. The summed E-state index contributed by atoms with van der Waals surface area (Å²) in [6, 6.07) is 11.6. The van der Waals surface area contributed by atoms with E-state index < -0.39 is 0 Å². The number of hydrogen-bond donors (Lipinski definition) is 1. The maximum absolute atomic E-state index is 13.3. The average molecular weight is 505 g/mol. The molecule has 2 aromatic carbocycles. The highest BCUT2D eigenvalue weighted by Crippen LogP contribution is 2.34. The van der Waals surface area contributed by atoms with Gasteiger partial charge in [-0.1, -0.05) is 41.4 Å². The van der Waals surface area contributed by atoms with E-state index in [0.29, 0.717) is 29.7 Å². The fourth-order valence-electron chi connectivity index (χ4n) is 4.21. The van der Waals surface area contributed by atoms with Gasteiger partial charge >= 0.3 is 0 Å². The number of amides is 1. The predicted molar refractivity (Wildman–Crippen MR) is 139 cm³/mol. The first kappa shape index (κ1) is 25.1. The molecular weight excluding hydrogens is 471 g/mol. The van der Waals surface area contributed by atoms with Crippen LogP contribution in [0.2, 0.25) is 10.0 Å². The van der Waals surface area contributed by atoms with E-state index in [4.69, 9.17) is 27.9 Å². The van der Waals surface area contributed by atoms with Gasteiger partial charge in [-0.05, 0) is 56.6 Å². The van der Waals surface area contributed by atoms with Crippen molar-refractivity contribution < 1.29 is 9.53 Å². The van der Waals surface area contributed by atoms with Crippen molar-refractivity contribution in [2.24, 2.45) is 5.92 Å². The number of nitrogens with one attached hydrogen (secondary N) is 1. The van der Waals surface area contributed by atoms with E-state index >= 15 is 0 Å². The third kappa shape index (κ3) is 6.79. The molecule has 34 heavy (non-hydrogen) atoms. The minimum Gasteiger partial charge on any atom is -0.492 e. The number of ether oxygens (including phenoxy) is 1. The number of carbonyl (C=O) groups excluding carboxylic acids is 1. The van der Waals surface area contributed by atoms with Gasteiger partial charge < -0.3 is 19.9 Å². The third-order valence-electron chi connectivity index (χ3n) is 6.39. The van der Waals surface area contributed by atoms with Crippen LogP contribution in [0.3, 0.4) is 0 Å². The van der Waals surface area contributed by atoms with E-state index in [9.17, 15) is 4.79 Å². The van der Waals surface area contributed by atoms with Crippen LogP contribution >= 0.6 is 23.2 Å². The molecule has 1 fully saturated rings. The summed E-state index contributed by atoms with van der Waals surface area (Å²) in [5.74, 6) is 1.75. The molecule has 6 nitrogen and oxygen atoms in total. The molecule has 1 saturated carbocycles. The number of fused-ring (bicyclic) bond motifs is 1. The molecule has 4 rings (SSSR count). The second-order valence-electron chi connectivity index (χ2n) is 9.49. The van der Waals surface area contributed by atoms with Crippen molar-refractivity contribution in [2.75, 3.05) is 58.7 Å². The van der Waals surface area contributed by atoms with Crippen LogP contribution < -0.4 is 10.1 Å². The smallest absolute Gasteiger partial charge is 0.242 e. The fourth-order valence-corrected chi connectivity index (χ4v) is 4.59. The van der Waals surface area contributed by atoms with E-state index in [0.717, 1.165) is 54.7 Å². The minimum atomic E-state index is 0.0138. The largest absolute Gasteiger partial charge is 0.492 e. The zero-order valence-electron chi connectivity index (χ0n) is 20.0. The zero-order chi connectivity index (χ0) is 24.1. The summed E-state index contributed by atoms with van der Waals surface area (Å²) in [5.41, 5.74) is 2.94. The molecule has 2 aliphatic rings. The standard InChI is InChI=1S/C26H34Cl2N4O2/c1-30(2)11-12-32(17-20-5-3-6-22(27)26(20)28)25(33)15-29-23-7-4-8-24-21(23)18-31(13-14-34-24)16-19-9-10-19/h3-8,19,29H,9-18H2,1-2H3. The Balaban J connectivity index is 1.45. The maximum Gasteiger partial charge on any atom is 0.242 e. The topological polar surface area (TPSA) is 48.0 Å². The summed E-state index contributed by atoms with van der Waals surface area (Å²) in [6.45, 7) is 5.56. The van der Waals surface area contributed by atoms with Crippen molar-refractivity contribution in [3.63, 3.8) is 0 Å². The van der Waals surface area contributed by atoms with Crippen LogP contribution in [0.1, 0.15) is 24.0 Å². The van der Waals surface area contributed by atoms with Gasteiger partial charge in [0.1, 0.15) is 12.4 Å². The van der Waals surface area contributed by atoms with Gasteiger partial charge in [-0.2, -0.15) is 0 Å². The quantitative estimate of drug-likeness (QED) is 0.512. The normalized spacial score (nSPS) is 16.0. The van der Waals surface area contributed by atoms with Gasteiger partial charge in [0.25, 0.3) is 0 Å². The van der Waals surface area contributed by atoms with Crippen LogP contribution in [0.5, 0.6) is 5.75 Å². The Labute approximate surface area is 212 Å². The highest BCUT2D eigenvalue weighted by atomic mass is 35.5. The Morgan fingerprint density at radius 2 is 1.94 bits per heavy atom. The second-order valence-corrected chi connectivity index (χ2v) is 10.3. The summed E-state index contributed by atoms with van der Waals surface area (Å²) < 4.78 is 6.03. The molecule has 2 aromatic rings. The van der Waals surface area contributed by atoms with Crippen LogP contribution in [0.25, 0.3) is 0 Å². The minimum absolute atomic E-state index is 0.0138. The zero-order valence-corrected chi connectivity index (χ0v) is 21.5. The number of halogens is 2. The first-order valence-electron chi connectivity index (χ1n) is 12.0. The molecule has 1 aliphatic heterocycles. The summed E-state index contributed by atoms with van der Waals surface area (Å²) >= 11 is 12.6. The molecule has 184 valence electrons. The van der Waals surface area contributed by atoms with Crippen molar-refractivity contribution in [3.05, 3.63) is 57.6 Å². The summed E-state index contributed by atoms with van der Waals surface area (Å²) in [6.07, 6.45) is 2.66. The van der Waals surface area contributed by atoms with Gasteiger partial charge in [-0.15, -0.1) is 0 Å². The monoisotopic (exact) mass is 504 g/mol. The predicted octanol–water partition coefficient (Wildman–Crippen LogP) is 4.60. The SMILES string of the molecule is CN(C)CCN(Cc1cccc(Cl)c1Cl)C(=O)CNc1cccc2c1CN(CC1CC1)CCO2. The summed E-state index contributed by atoms with van der Waals surface area (Å²) in [4.78, 5) is 19.7. The first-order valence-corrected chi connectivity index (χ1v) is 12.7. The van der Waals surface area contributed by atoms with Crippen molar-refractivity contribution >= 4 is 34.8 Å². The summed E-state index contributed by atoms with van der Waals surface area (Å²) in [7, 11) is 4.00. The lowest BCUT2D eigenvalue weighted by molar-refractivity contribution is -0.130. The molecule has 0 atom stereocenters. The number of anilines is 1. The molecule has 0 unspecified atom stereocenters. The van der Waals surface area contributed by atoms with Crippen molar-refractivity contribution in [1.29, 1.82) is 0 Å². The van der Waals surface area contributed by atoms with Crippen LogP contribution in [0, 0.1) is 5.92 Å². The first-order chi connectivity index (χ1) is 16.4. The molecule has 1 heterocycles. The Morgan fingerprint density at radius 3 is 2.71 bits per heavy atom. The fraction of sp³-hybridized carbons (Fsp3) is 0.500. The third-order valence-corrected chi connectivity index (χ3v) is 7.24. The van der Waals surface area contributed by atoms with Gasteiger partial charge in [-0.25, -0.2) is 0 Å². The molecular formula is C26H34Cl2N4O2. The van der Waals surface area contributed by atoms with Crippen LogP contribution in [0.4, 0.5) is 5.69 Å². The molecule has 0 radical (unpaired) electrons. The number of likely N-dealkylation sites (N-methyl/N-ethyl adjacent to an activating group) is 1. The number of benzene rings is 2. The van der Waals surface area contributed by atoms with E-state index in [1.807, 2.05) is 49.3 Å². The molecule has 0 spiro atoms. The Kier molecular flexibility index (Phi) is 8.59. The Hall–Kier alpha value is -1.99. The molecule has 1 amide bonds. The van der Waals surface area contributed by atoms with E-state index in [2.05, 4.69) is 15.1 Å². The second kappa shape index (κ2) is 11.6. The number of rotatable bonds is 10. The average Bonchev–Trinajstić information content (AvgIpc) is 3.64. The summed E-state index contributed by atoms with van der Waals surface area (Å²) in [5, 5.41) is 4.40. The van der Waals surface area contributed by atoms with E-state index in [-0.39, 0.29) is 12.5 Å². The lowest BCUT2D eigenvalue weighted by Crippen LogP contribution is -2.39. The van der Waals surface area contributed by atoms with Crippen molar-refractivity contribution in [2.45, 2.75) is 25.9 Å². The van der Waals surface area contributed by atoms with Crippen molar-refractivity contribution in [1.82, 2.24) is 14.7 Å². The number of carbonyl (C=O) groups is 1. The number of hydrogen-bond acceptors (Lipinski definition) is 5. The molecule has 8 heteroatoms. The number of nitrogens with zero attached hydrogens (tertiary/aromatic N) is 3. The maximum atomic E-state index is 13.3. The van der Waals surface area contributed by atoms with Crippen LogP contribution in [-0.4, -0.2) is 74.0 Å². The van der Waals surface area contributed by atoms with Gasteiger partial charge in [-0.3, -0.25) is 9.69 Å².